The van der Waals surface area contributed by atoms with Gasteiger partial charge in [0.05, 0.1) is 16.7 Å². The molecule has 0 aliphatic carbocycles. The number of unbranched alkanes of at least 4 members (excludes halogenated alkanes) is 3. The number of hydrogen-bond acceptors (Lipinski definition) is 9. The predicted molar refractivity (Wildman–Crippen MR) is 220 cm³/mol. The predicted octanol–water partition coefficient (Wildman–Crippen LogP) is 12.0. The quantitative estimate of drug-likeness (QED) is 0.0347. The van der Waals surface area contributed by atoms with E-state index in [9.17, 15) is 68.3 Å². The first-order valence-corrected chi connectivity index (χ1v) is 20.9. The van der Waals surface area contributed by atoms with Crippen LogP contribution < -0.4 is 0 Å². The van der Waals surface area contributed by atoms with Gasteiger partial charge in [-0.25, -0.2) is 14.4 Å². The highest BCUT2D eigenvalue weighted by atomic mass is 19.4. The fourth-order valence-electron chi connectivity index (χ4n) is 7.01. The third-order valence-electron chi connectivity index (χ3n) is 10.5. The molecule has 0 fully saturated rings. The average molecular weight is 937 g/mol. The molecule has 4 aromatic rings. The number of Topliss-reactive ketones (excluding diaryl/α,β-unsaturated/α-hetero) is 3. The molecule has 354 valence electrons. The summed E-state index contributed by atoms with van der Waals surface area (Å²) < 4.78 is 135. The first-order chi connectivity index (χ1) is 31.0. The van der Waals surface area contributed by atoms with Crippen molar-refractivity contribution in [2.75, 3.05) is 0 Å². The van der Waals surface area contributed by atoms with Crippen molar-refractivity contribution in [1.29, 1.82) is 0 Å². The maximum absolute atomic E-state index is 13.5. The maximum Gasteiger partial charge on any atom is 0.454 e. The largest absolute Gasteiger partial charge is 0.457 e. The molecule has 0 aromatic heterocycles. The van der Waals surface area contributed by atoms with Crippen LogP contribution in [0.3, 0.4) is 0 Å². The van der Waals surface area contributed by atoms with E-state index in [0.717, 1.165) is 72.8 Å². The minimum Gasteiger partial charge on any atom is -0.457 e. The lowest BCUT2D eigenvalue weighted by molar-refractivity contribution is -0.0888. The molecule has 18 heteroatoms. The van der Waals surface area contributed by atoms with Gasteiger partial charge in [0.25, 0.3) is 17.3 Å². The lowest BCUT2D eigenvalue weighted by Crippen LogP contribution is -2.22. The molecule has 0 bridgehead atoms. The van der Waals surface area contributed by atoms with Gasteiger partial charge in [-0.2, -0.15) is 39.5 Å². The Hall–Kier alpha value is -6.33. The molecule has 0 heterocycles. The summed E-state index contributed by atoms with van der Waals surface area (Å²) in [6, 6.07) is 11.0. The zero-order valence-corrected chi connectivity index (χ0v) is 36.0. The van der Waals surface area contributed by atoms with E-state index in [-0.39, 0.29) is 16.7 Å². The fourth-order valence-corrected chi connectivity index (χ4v) is 7.01. The molecule has 0 atom stereocenters. The second-order valence-electron chi connectivity index (χ2n) is 15.1. The number of carbonyl (C=O) groups excluding carboxylic acids is 6. The summed E-state index contributed by atoms with van der Waals surface area (Å²) in [5, 5.41) is 0. The standard InChI is InChI=1S/C48H45F9O9/c1-4-7-10-34-37(25-64-43(61)31-19-13-28(14-20-31)40(58)46(49,50)51)35(11-8-5-2)39(27-66-45(63)33-23-17-30(18-24-33)42(60)48(55,56)57)36(12-9-6-3)38(34)26-65-44(62)32-21-15-29(16-22-32)41(59)47(52,53)54/h13-24H,4-12,25-27H2,1-3H3. The van der Waals surface area contributed by atoms with Gasteiger partial charge in [0.1, 0.15) is 19.8 Å². The molecule has 4 aromatic carbocycles. The molecular weight excluding hydrogens is 892 g/mol. The first-order valence-electron chi connectivity index (χ1n) is 20.9. The summed E-state index contributed by atoms with van der Waals surface area (Å²) in [4.78, 5) is 75.7. The molecule has 66 heavy (non-hydrogen) atoms. The molecule has 0 amide bonds. The molecule has 0 unspecified atom stereocenters. The van der Waals surface area contributed by atoms with Crippen LogP contribution in [0, 0.1) is 0 Å². The van der Waals surface area contributed by atoms with Gasteiger partial charge in [-0.1, -0.05) is 76.4 Å². The van der Waals surface area contributed by atoms with E-state index in [0.29, 0.717) is 91.2 Å². The minimum atomic E-state index is -5.16. The normalized spacial score (nSPS) is 11.8. The van der Waals surface area contributed by atoms with Gasteiger partial charge in [-0.05, 0) is 108 Å². The number of rotatable bonds is 21. The van der Waals surface area contributed by atoms with E-state index >= 15 is 0 Å². The number of carbonyl (C=O) groups is 6. The summed E-state index contributed by atoms with van der Waals surface area (Å²) in [5.41, 5.74) is 0.448. The minimum absolute atomic E-state index is 0.187. The van der Waals surface area contributed by atoms with E-state index in [1.54, 1.807) is 0 Å². The third kappa shape index (κ3) is 13.6. The highest BCUT2D eigenvalue weighted by molar-refractivity contribution is 6.02. The lowest BCUT2D eigenvalue weighted by atomic mass is 9.81. The topological polar surface area (TPSA) is 130 Å². The van der Waals surface area contributed by atoms with Crippen molar-refractivity contribution in [3.63, 3.8) is 0 Å². The summed E-state index contributed by atoms with van der Waals surface area (Å²) in [6.07, 6.45) is -10.8. The summed E-state index contributed by atoms with van der Waals surface area (Å²) in [5.74, 6) is -9.26. The van der Waals surface area contributed by atoms with Gasteiger partial charge in [0, 0.05) is 16.7 Å². The van der Waals surface area contributed by atoms with Crippen molar-refractivity contribution in [3.8, 4) is 0 Å². The van der Waals surface area contributed by atoms with Crippen molar-refractivity contribution in [3.05, 3.63) is 140 Å². The Bertz CT molecular complexity index is 2100. The van der Waals surface area contributed by atoms with Crippen LogP contribution in [0.2, 0.25) is 0 Å². The second kappa shape index (κ2) is 22.7. The van der Waals surface area contributed by atoms with Gasteiger partial charge in [0.2, 0.25) is 0 Å². The number of esters is 3. The van der Waals surface area contributed by atoms with Crippen molar-refractivity contribution in [1.82, 2.24) is 0 Å². The van der Waals surface area contributed by atoms with Crippen molar-refractivity contribution in [2.24, 2.45) is 0 Å². The molecule has 0 N–H and O–H groups in total. The third-order valence-corrected chi connectivity index (χ3v) is 10.5. The Kier molecular flexibility index (Phi) is 18.0. The van der Waals surface area contributed by atoms with Crippen LogP contribution in [0.5, 0.6) is 0 Å². The Morgan fingerprint density at radius 2 is 0.545 bits per heavy atom. The highest BCUT2D eigenvalue weighted by Gasteiger charge is 2.41. The number of ketones is 3. The van der Waals surface area contributed by atoms with E-state index in [1.807, 2.05) is 20.8 Å². The van der Waals surface area contributed by atoms with Gasteiger partial charge in [-0.15, -0.1) is 0 Å². The van der Waals surface area contributed by atoms with Crippen LogP contribution in [-0.4, -0.2) is 53.8 Å². The zero-order valence-electron chi connectivity index (χ0n) is 36.0. The average Bonchev–Trinajstić information content (AvgIpc) is 3.28. The number of halogens is 9. The SMILES string of the molecule is CCCCc1c(COC(=O)c2ccc(C(=O)C(F)(F)F)cc2)c(CCCC)c(COC(=O)c2ccc(C(=O)C(F)(F)F)cc2)c(CCCC)c1COC(=O)c1ccc(C(=O)C(F)(F)F)cc1. The molecule has 0 aliphatic rings. The lowest BCUT2D eigenvalue weighted by Gasteiger charge is -2.27. The van der Waals surface area contributed by atoms with Crippen molar-refractivity contribution >= 4 is 35.3 Å². The number of alkyl halides is 9. The number of ether oxygens (including phenoxy) is 3. The van der Waals surface area contributed by atoms with E-state index in [2.05, 4.69) is 0 Å². The van der Waals surface area contributed by atoms with Crippen LogP contribution in [0.4, 0.5) is 39.5 Å². The van der Waals surface area contributed by atoms with Crippen LogP contribution in [-0.2, 0) is 53.3 Å². The molecule has 4 rings (SSSR count). The van der Waals surface area contributed by atoms with Crippen molar-refractivity contribution < 1.29 is 82.5 Å². The van der Waals surface area contributed by atoms with Gasteiger partial charge in [0.15, 0.2) is 0 Å². The molecule has 0 saturated carbocycles. The summed E-state index contributed by atoms with van der Waals surface area (Å²) in [6.45, 7) is 4.40. The number of hydrogen-bond donors (Lipinski definition) is 0. The van der Waals surface area contributed by atoms with Crippen LogP contribution in [0.15, 0.2) is 72.8 Å². The zero-order chi connectivity index (χ0) is 49.0. The molecular formula is C48H45F9O9. The molecule has 0 radical (unpaired) electrons. The van der Waals surface area contributed by atoms with Crippen LogP contribution >= 0.6 is 0 Å². The van der Waals surface area contributed by atoms with Crippen molar-refractivity contribution in [2.45, 2.75) is 117 Å². The highest BCUT2D eigenvalue weighted by Crippen LogP contribution is 2.35. The van der Waals surface area contributed by atoms with Gasteiger partial charge < -0.3 is 14.2 Å². The second-order valence-corrected chi connectivity index (χ2v) is 15.1. The van der Waals surface area contributed by atoms with Gasteiger partial charge >= 0.3 is 36.4 Å². The fraction of sp³-hybridized carbons (Fsp3) is 0.375. The smallest absolute Gasteiger partial charge is 0.454 e. The molecule has 0 aliphatic heterocycles. The van der Waals surface area contributed by atoms with E-state index in [4.69, 9.17) is 14.2 Å². The molecule has 9 nitrogen and oxygen atoms in total. The molecule has 0 saturated heterocycles. The van der Waals surface area contributed by atoms with E-state index < -0.39 is 90.3 Å². The van der Waals surface area contributed by atoms with Crippen LogP contribution in [0.1, 0.15) is 155 Å². The Morgan fingerprint density at radius 1 is 0.348 bits per heavy atom. The summed E-state index contributed by atoms with van der Waals surface area (Å²) in [7, 11) is 0. The van der Waals surface area contributed by atoms with E-state index in [1.165, 1.54) is 0 Å². The maximum atomic E-state index is 13.5. The Balaban J connectivity index is 1.85. The molecule has 0 spiro atoms. The monoisotopic (exact) mass is 936 g/mol. The Morgan fingerprint density at radius 3 is 0.727 bits per heavy atom. The van der Waals surface area contributed by atoms with Crippen LogP contribution in [0.25, 0.3) is 0 Å². The first kappa shape index (κ1) is 52.3. The summed E-state index contributed by atoms with van der Waals surface area (Å²) >= 11 is 0. The number of benzene rings is 4. The van der Waals surface area contributed by atoms with Gasteiger partial charge in [-0.3, -0.25) is 14.4 Å². The Labute approximate surface area is 373 Å².